The number of hydrogen-bond donors (Lipinski definition) is 1. The maximum atomic E-state index is 14.2. The van der Waals surface area contributed by atoms with E-state index >= 15 is 0 Å². The number of nitrogens with one attached hydrogen (secondary N) is 1. The number of nitrogens with zero attached hydrogens (tertiary/aromatic N) is 2. The van der Waals surface area contributed by atoms with Crippen molar-refractivity contribution in [1.82, 2.24) is 10.2 Å². The van der Waals surface area contributed by atoms with Crippen molar-refractivity contribution in [3.8, 4) is 5.75 Å². The van der Waals surface area contributed by atoms with Gasteiger partial charge in [-0.15, -0.1) is 0 Å². The Bertz CT molecular complexity index is 1480. The van der Waals surface area contributed by atoms with Crippen molar-refractivity contribution in [3.63, 3.8) is 0 Å². The van der Waals surface area contributed by atoms with E-state index in [1.165, 1.54) is 35.2 Å². The Balaban J connectivity index is 2.08. The summed E-state index contributed by atoms with van der Waals surface area (Å²) in [6.07, 6.45) is 1.04. The summed E-state index contributed by atoms with van der Waals surface area (Å²) < 4.78 is 34.2. The Hall–Kier alpha value is -3.27. The highest BCUT2D eigenvalue weighted by atomic mass is 35.5. The van der Waals surface area contributed by atoms with Crippen LogP contribution < -0.4 is 14.4 Å². The monoisotopic (exact) mass is 633 g/mol. The molecule has 2 amide bonds. The average Bonchev–Trinajstić information content (AvgIpc) is 2.97. The maximum absolute atomic E-state index is 14.2. The van der Waals surface area contributed by atoms with E-state index in [1.807, 2.05) is 27.7 Å². The molecule has 0 radical (unpaired) electrons. The standard InChI is InChI=1S/C31H37Cl2N3O5S/c1-6-22(4)34-31(38)29(7-2)35(19-23-10-13-25(41-5)14-11-23)30(37)20-36(24-12-17-27(32)28(33)18-24)42(39,40)26-15-8-21(3)9-16-26/h8-18,22,29H,6-7,19-20H2,1-5H3,(H,34,38)/t22-,29-/m1/s1. The van der Waals surface area contributed by atoms with Crippen LogP contribution in [0.15, 0.2) is 71.6 Å². The Morgan fingerprint density at radius 2 is 1.57 bits per heavy atom. The van der Waals surface area contributed by atoms with Gasteiger partial charge in [-0.1, -0.05) is 66.9 Å². The second kappa shape index (κ2) is 14.8. The third-order valence-corrected chi connectivity index (χ3v) is 9.51. The SMILES string of the molecule is CC[C@@H](C)NC(=O)[C@@H](CC)N(Cc1ccc(OC)cc1)C(=O)CN(c1ccc(Cl)c(Cl)c1)S(=O)(=O)c1ccc(C)cc1. The van der Waals surface area contributed by atoms with Crippen molar-refractivity contribution >= 4 is 50.7 Å². The fourth-order valence-corrected chi connectivity index (χ4v) is 5.99. The second-order valence-corrected chi connectivity index (χ2v) is 12.7. The number of benzene rings is 3. The number of sulfonamides is 1. The first-order chi connectivity index (χ1) is 19.9. The quantitative estimate of drug-likeness (QED) is 0.241. The number of halogens is 2. The molecule has 0 aliphatic rings. The molecular weight excluding hydrogens is 597 g/mol. The summed E-state index contributed by atoms with van der Waals surface area (Å²) in [6.45, 7) is 7.02. The molecule has 226 valence electrons. The highest BCUT2D eigenvalue weighted by Crippen LogP contribution is 2.31. The molecule has 0 unspecified atom stereocenters. The molecule has 3 rings (SSSR count). The molecule has 0 aliphatic heterocycles. The number of carbonyl (C=O) groups excluding carboxylic acids is 2. The fourth-order valence-electron chi connectivity index (χ4n) is 4.29. The number of methoxy groups -OCH3 is 1. The van der Waals surface area contributed by atoms with E-state index < -0.39 is 28.5 Å². The first-order valence-corrected chi connectivity index (χ1v) is 15.9. The molecule has 0 bridgehead atoms. The van der Waals surface area contributed by atoms with Gasteiger partial charge in [-0.25, -0.2) is 8.42 Å². The smallest absolute Gasteiger partial charge is 0.264 e. The van der Waals surface area contributed by atoms with Crippen molar-refractivity contribution in [2.45, 2.75) is 64.1 Å². The molecule has 8 nitrogen and oxygen atoms in total. The Kier molecular flexibility index (Phi) is 11.7. The predicted molar refractivity (Wildman–Crippen MR) is 168 cm³/mol. The van der Waals surface area contributed by atoms with Crippen LogP contribution in [0.5, 0.6) is 5.75 Å². The van der Waals surface area contributed by atoms with Gasteiger partial charge in [-0.3, -0.25) is 13.9 Å². The van der Waals surface area contributed by atoms with Gasteiger partial charge in [0.1, 0.15) is 18.3 Å². The highest BCUT2D eigenvalue weighted by molar-refractivity contribution is 7.92. The Morgan fingerprint density at radius 1 is 0.929 bits per heavy atom. The molecule has 0 heterocycles. The van der Waals surface area contributed by atoms with Crippen molar-refractivity contribution in [2.24, 2.45) is 0 Å². The van der Waals surface area contributed by atoms with Gasteiger partial charge in [-0.2, -0.15) is 0 Å². The molecule has 0 saturated heterocycles. The van der Waals surface area contributed by atoms with E-state index in [4.69, 9.17) is 27.9 Å². The molecule has 2 atom stereocenters. The van der Waals surface area contributed by atoms with E-state index in [2.05, 4.69) is 5.32 Å². The number of anilines is 1. The lowest BCUT2D eigenvalue weighted by atomic mass is 10.1. The lowest BCUT2D eigenvalue weighted by Gasteiger charge is -2.33. The number of hydrogen-bond acceptors (Lipinski definition) is 5. The molecule has 42 heavy (non-hydrogen) atoms. The molecular formula is C31H37Cl2N3O5S. The van der Waals surface area contributed by atoms with E-state index in [-0.39, 0.29) is 39.1 Å². The lowest BCUT2D eigenvalue weighted by molar-refractivity contribution is -0.140. The largest absolute Gasteiger partial charge is 0.497 e. The minimum atomic E-state index is -4.22. The lowest BCUT2D eigenvalue weighted by Crippen LogP contribution is -2.53. The highest BCUT2D eigenvalue weighted by Gasteiger charge is 2.34. The second-order valence-electron chi connectivity index (χ2n) is 10.0. The molecule has 0 aliphatic carbocycles. The van der Waals surface area contributed by atoms with Crippen molar-refractivity contribution in [3.05, 3.63) is 87.9 Å². The molecule has 3 aromatic rings. The van der Waals surface area contributed by atoms with Crippen molar-refractivity contribution in [2.75, 3.05) is 18.0 Å². The summed E-state index contributed by atoms with van der Waals surface area (Å²) in [5.41, 5.74) is 1.80. The molecule has 1 N–H and O–H groups in total. The van der Waals surface area contributed by atoms with Gasteiger partial charge in [0.15, 0.2) is 0 Å². The topological polar surface area (TPSA) is 96.0 Å². The van der Waals surface area contributed by atoms with E-state index in [9.17, 15) is 18.0 Å². The van der Waals surface area contributed by atoms with E-state index in [1.54, 1.807) is 43.5 Å². The fraction of sp³-hybridized carbons (Fsp3) is 0.355. The molecule has 3 aromatic carbocycles. The van der Waals surface area contributed by atoms with Gasteiger partial charge < -0.3 is 15.0 Å². The van der Waals surface area contributed by atoms with Crippen LogP contribution >= 0.6 is 23.2 Å². The predicted octanol–water partition coefficient (Wildman–Crippen LogP) is 6.23. The van der Waals surface area contributed by atoms with Gasteiger partial charge in [0.25, 0.3) is 10.0 Å². The average molecular weight is 635 g/mol. The minimum absolute atomic E-state index is 0.00947. The molecule has 11 heteroatoms. The van der Waals surface area contributed by atoms with E-state index in [0.717, 1.165) is 15.4 Å². The van der Waals surface area contributed by atoms with Gasteiger partial charge in [-0.05, 0) is 74.7 Å². The third-order valence-electron chi connectivity index (χ3n) is 6.98. The molecule has 0 fully saturated rings. The number of ether oxygens (including phenoxy) is 1. The van der Waals surface area contributed by atoms with Gasteiger partial charge in [0.2, 0.25) is 11.8 Å². The summed E-state index contributed by atoms with van der Waals surface area (Å²) in [7, 11) is -2.66. The normalized spacial score (nSPS) is 12.7. The van der Waals surface area contributed by atoms with Crippen LogP contribution in [0.1, 0.15) is 44.7 Å². The van der Waals surface area contributed by atoms with Crippen LogP contribution in [-0.4, -0.2) is 50.9 Å². The zero-order chi connectivity index (χ0) is 31.0. The van der Waals surface area contributed by atoms with Crippen molar-refractivity contribution in [1.29, 1.82) is 0 Å². The van der Waals surface area contributed by atoms with Gasteiger partial charge in [0, 0.05) is 12.6 Å². The Morgan fingerprint density at radius 3 is 2.12 bits per heavy atom. The van der Waals surface area contributed by atoms with Crippen LogP contribution in [-0.2, 0) is 26.2 Å². The Labute approximate surface area is 258 Å². The molecule has 0 saturated carbocycles. The third kappa shape index (κ3) is 8.18. The summed E-state index contributed by atoms with van der Waals surface area (Å²) in [5.74, 6) is -0.219. The summed E-state index contributed by atoms with van der Waals surface area (Å²) in [4.78, 5) is 29.0. The van der Waals surface area contributed by atoms with Gasteiger partial charge >= 0.3 is 0 Å². The summed E-state index contributed by atoms with van der Waals surface area (Å²) in [5, 5.41) is 3.35. The van der Waals surface area contributed by atoms with Crippen LogP contribution in [0.4, 0.5) is 5.69 Å². The first-order valence-electron chi connectivity index (χ1n) is 13.7. The van der Waals surface area contributed by atoms with Crippen LogP contribution in [0.3, 0.4) is 0 Å². The number of carbonyl (C=O) groups is 2. The zero-order valence-corrected chi connectivity index (χ0v) is 26.8. The van der Waals surface area contributed by atoms with Crippen LogP contribution in [0.2, 0.25) is 10.0 Å². The molecule has 0 spiro atoms. The molecule has 0 aromatic heterocycles. The maximum Gasteiger partial charge on any atom is 0.264 e. The number of amides is 2. The minimum Gasteiger partial charge on any atom is -0.497 e. The van der Waals surface area contributed by atoms with Crippen LogP contribution in [0, 0.1) is 6.92 Å². The first kappa shape index (κ1) is 33.2. The van der Waals surface area contributed by atoms with Crippen molar-refractivity contribution < 1.29 is 22.7 Å². The van der Waals surface area contributed by atoms with Crippen LogP contribution in [0.25, 0.3) is 0 Å². The number of aryl methyl sites for hydroxylation is 1. The van der Waals surface area contributed by atoms with Gasteiger partial charge in [0.05, 0.1) is 27.7 Å². The van der Waals surface area contributed by atoms with E-state index in [0.29, 0.717) is 18.6 Å². The summed E-state index contributed by atoms with van der Waals surface area (Å²) >= 11 is 12.4. The zero-order valence-electron chi connectivity index (χ0n) is 24.4. The number of rotatable bonds is 13. The summed E-state index contributed by atoms with van der Waals surface area (Å²) in [6, 6.07) is 16.9.